The minimum atomic E-state index is -0.269. The van der Waals surface area contributed by atoms with Gasteiger partial charge in [0, 0.05) is 69.0 Å². The zero-order valence-corrected chi connectivity index (χ0v) is 19.6. The van der Waals surface area contributed by atoms with Crippen LogP contribution >= 0.6 is 0 Å². The Kier molecular flexibility index (Phi) is 10.0. The Morgan fingerprint density at radius 3 is 2.22 bits per heavy atom. The summed E-state index contributed by atoms with van der Waals surface area (Å²) < 4.78 is 5.49. The number of hydrogen-bond donors (Lipinski definition) is 3. The molecule has 0 unspecified atom stereocenters. The molecule has 27 heavy (non-hydrogen) atoms. The molecule has 1 aromatic carbocycles. The Labute approximate surface area is 188 Å². The first-order valence-electron chi connectivity index (χ1n) is 9.25. The zero-order chi connectivity index (χ0) is 17.9. The molecule has 151 valence electrons. The molecule has 0 amide bonds. The van der Waals surface area contributed by atoms with Crippen LogP contribution in [0.15, 0.2) is 18.2 Å². The van der Waals surface area contributed by atoms with Crippen molar-refractivity contribution in [3.05, 3.63) is 25.6 Å². The number of benzene rings is 1. The van der Waals surface area contributed by atoms with Crippen LogP contribution in [0.4, 0.5) is 11.4 Å². The molecule has 0 bridgehead atoms. The molecular formula is C20H34N3O3Y-. The number of aliphatic hydroxyl groups is 2. The van der Waals surface area contributed by atoms with Gasteiger partial charge >= 0.3 is 0 Å². The largest absolute Gasteiger partial charge is 0.495 e. The van der Waals surface area contributed by atoms with Crippen molar-refractivity contribution in [1.82, 2.24) is 4.90 Å². The quantitative estimate of drug-likeness (QED) is 0.466. The molecule has 0 aromatic heterocycles. The van der Waals surface area contributed by atoms with Crippen LogP contribution < -0.4 is 15.4 Å². The number of aliphatic hydroxyl groups excluding tert-OH is 2. The second kappa shape index (κ2) is 11.0. The van der Waals surface area contributed by atoms with E-state index in [4.69, 9.17) is 10.5 Å². The van der Waals surface area contributed by atoms with Gasteiger partial charge in [0.2, 0.25) is 0 Å². The fraction of sp³-hybridized carbons (Fsp3) is 0.650. The number of methoxy groups -OCH3 is 1. The average molecular weight is 453 g/mol. The molecule has 0 spiro atoms. The van der Waals surface area contributed by atoms with Crippen molar-refractivity contribution in [2.75, 3.05) is 57.1 Å². The molecule has 3 rings (SSSR count). The molecule has 0 aliphatic carbocycles. The van der Waals surface area contributed by atoms with Gasteiger partial charge in [0.1, 0.15) is 5.75 Å². The van der Waals surface area contributed by atoms with Gasteiger partial charge in [-0.2, -0.15) is 0 Å². The second-order valence-electron chi connectivity index (χ2n) is 7.50. The van der Waals surface area contributed by atoms with Gasteiger partial charge in [-0.05, 0) is 50.9 Å². The molecule has 6 nitrogen and oxygen atoms in total. The van der Waals surface area contributed by atoms with E-state index in [-0.39, 0.29) is 58.8 Å². The van der Waals surface area contributed by atoms with Gasteiger partial charge in [-0.25, -0.2) is 0 Å². The third-order valence-electron chi connectivity index (χ3n) is 6.05. The first-order chi connectivity index (χ1) is 12.1. The molecule has 1 aromatic rings. The summed E-state index contributed by atoms with van der Waals surface area (Å²) in [6.07, 6.45) is 4.01. The predicted octanol–water partition coefficient (Wildman–Crippen LogP) is 1.76. The summed E-state index contributed by atoms with van der Waals surface area (Å²) in [6.45, 7) is 4.13. The Morgan fingerprint density at radius 2 is 1.70 bits per heavy atom. The van der Waals surface area contributed by atoms with Crippen LogP contribution in [0, 0.1) is 12.8 Å². The van der Waals surface area contributed by atoms with E-state index in [9.17, 15) is 10.2 Å². The molecule has 2 aliphatic rings. The minimum Gasteiger partial charge on any atom is -0.495 e. The van der Waals surface area contributed by atoms with Crippen molar-refractivity contribution in [3.63, 3.8) is 0 Å². The van der Waals surface area contributed by atoms with Crippen LogP contribution in [0.5, 0.6) is 5.75 Å². The average Bonchev–Trinajstić information content (AvgIpc) is 2.68. The Morgan fingerprint density at radius 1 is 1.11 bits per heavy atom. The standard InChI is InChI=1S/C19H31N3O3.CH3.Y/c1-25-18-12-15(20)2-3-17(18)22-8-4-16(5-9-22)21-10-6-19(13-23,14-24)7-11-21;;/h2-3,12,16,23-24H,4-11,13-14,20H2,1H3;1H3;/q;-1;. The minimum absolute atomic E-state index is 0. The topological polar surface area (TPSA) is 82.2 Å². The van der Waals surface area contributed by atoms with E-state index in [0.717, 1.165) is 69.0 Å². The van der Waals surface area contributed by atoms with Gasteiger partial charge in [0.05, 0.1) is 26.0 Å². The van der Waals surface area contributed by atoms with Crippen LogP contribution in [0.1, 0.15) is 25.7 Å². The monoisotopic (exact) mass is 453 g/mol. The maximum Gasteiger partial charge on any atom is 0.144 e. The number of anilines is 2. The first-order valence-corrected chi connectivity index (χ1v) is 9.25. The van der Waals surface area contributed by atoms with Crippen LogP contribution in [0.2, 0.25) is 0 Å². The van der Waals surface area contributed by atoms with E-state index in [1.807, 2.05) is 18.2 Å². The van der Waals surface area contributed by atoms with E-state index in [1.54, 1.807) is 7.11 Å². The smallest absolute Gasteiger partial charge is 0.144 e. The maximum atomic E-state index is 9.56. The maximum absolute atomic E-state index is 9.56. The van der Waals surface area contributed by atoms with Crippen molar-refractivity contribution < 1.29 is 47.7 Å². The summed E-state index contributed by atoms with van der Waals surface area (Å²) in [5.41, 5.74) is 7.43. The molecule has 0 atom stereocenters. The number of nitrogens with two attached hydrogens (primary N) is 1. The molecule has 2 aliphatic heterocycles. The van der Waals surface area contributed by atoms with Crippen molar-refractivity contribution in [1.29, 1.82) is 0 Å². The van der Waals surface area contributed by atoms with E-state index >= 15 is 0 Å². The number of hydrogen-bond acceptors (Lipinski definition) is 6. The molecule has 2 saturated heterocycles. The number of likely N-dealkylation sites (tertiary alicyclic amines) is 1. The van der Waals surface area contributed by atoms with Crippen LogP contribution in [0.25, 0.3) is 0 Å². The fourth-order valence-corrected chi connectivity index (χ4v) is 4.16. The van der Waals surface area contributed by atoms with Gasteiger partial charge in [-0.15, -0.1) is 0 Å². The van der Waals surface area contributed by atoms with Gasteiger partial charge in [-0.3, -0.25) is 0 Å². The summed E-state index contributed by atoms with van der Waals surface area (Å²) in [6, 6.07) is 6.45. The molecule has 1 radical (unpaired) electrons. The number of nitrogen functional groups attached to an aromatic ring is 1. The fourth-order valence-electron chi connectivity index (χ4n) is 4.16. The summed E-state index contributed by atoms with van der Waals surface area (Å²) in [4.78, 5) is 4.92. The Bertz CT molecular complexity index is 566. The molecule has 4 N–H and O–H groups in total. The molecule has 2 heterocycles. The number of ether oxygens (including phenoxy) is 1. The molecule has 0 saturated carbocycles. The second-order valence-corrected chi connectivity index (χ2v) is 7.50. The summed E-state index contributed by atoms with van der Waals surface area (Å²) >= 11 is 0. The van der Waals surface area contributed by atoms with E-state index < -0.39 is 0 Å². The Hall–Kier alpha value is -0.396. The third kappa shape index (κ3) is 5.57. The van der Waals surface area contributed by atoms with Crippen molar-refractivity contribution in [3.8, 4) is 5.75 Å². The predicted molar refractivity (Wildman–Crippen MR) is 106 cm³/mol. The van der Waals surface area contributed by atoms with Crippen molar-refractivity contribution in [2.45, 2.75) is 31.7 Å². The van der Waals surface area contributed by atoms with E-state index in [2.05, 4.69) is 9.80 Å². The summed E-state index contributed by atoms with van der Waals surface area (Å²) in [5, 5.41) is 19.1. The Balaban J connectivity index is 0.00000182. The molecule has 7 heteroatoms. The summed E-state index contributed by atoms with van der Waals surface area (Å²) in [7, 11) is 1.69. The van der Waals surface area contributed by atoms with Gasteiger partial charge in [0.15, 0.2) is 0 Å². The number of piperidine rings is 2. The molecular weight excluding hydrogens is 419 g/mol. The van der Waals surface area contributed by atoms with Crippen LogP contribution in [-0.2, 0) is 32.7 Å². The first kappa shape index (κ1) is 24.6. The zero-order valence-electron chi connectivity index (χ0n) is 16.7. The number of nitrogens with zero attached hydrogens (tertiary/aromatic N) is 2. The third-order valence-corrected chi connectivity index (χ3v) is 6.05. The van der Waals surface area contributed by atoms with Gasteiger partial charge in [0.25, 0.3) is 0 Å². The SMILES string of the molecule is COc1cc(N)ccc1N1CCC(N2CCC(CO)(CO)CC2)CC1.[CH3-].[Y]. The number of rotatable bonds is 5. The van der Waals surface area contributed by atoms with Crippen LogP contribution in [-0.4, -0.2) is 67.7 Å². The summed E-state index contributed by atoms with van der Waals surface area (Å²) in [5.74, 6) is 0.840. The van der Waals surface area contributed by atoms with Crippen molar-refractivity contribution >= 4 is 11.4 Å². The van der Waals surface area contributed by atoms with Crippen LogP contribution in [0.3, 0.4) is 0 Å². The van der Waals surface area contributed by atoms with Crippen molar-refractivity contribution in [2.24, 2.45) is 5.41 Å². The van der Waals surface area contributed by atoms with Gasteiger partial charge in [-0.1, -0.05) is 0 Å². The van der Waals surface area contributed by atoms with E-state index in [1.165, 1.54) is 0 Å². The molecule has 2 fully saturated rings. The normalized spacial score (nSPS) is 20.5. The van der Waals surface area contributed by atoms with E-state index in [0.29, 0.717) is 6.04 Å². The van der Waals surface area contributed by atoms with Gasteiger partial charge < -0.3 is 37.9 Å².